The zero-order valence-corrected chi connectivity index (χ0v) is 15.6. The SMILES string of the molecule is Cc1cccc(C)c1NC(=O)CN1C(=O)NC(C)(c2cc(F)ccc2F)C1=O. The van der Waals surface area contributed by atoms with E-state index in [2.05, 4.69) is 10.6 Å². The molecular formula is C20H19F2N3O3. The lowest BCUT2D eigenvalue weighted by molar-refractivity contribution is -0.133. The number of carbonyl (C=O) groups excluding carboxylic acids is 3. The number of urea groups is 1. The third-order valence-electron chi connectivity index (χ3n) is 4.79. The van der Waals surface area contributed by atoms with Gasteiger partial charge in [-0.3, -0.25) is 14.5 Å². The lowest BCUT2D eigenvalue weighted by Crippen LogP contribution is -2.42. The molecule has 28 heavy (non-hydrogen) atoms. The number of hydrogen-bond donors (Lipinski definition) is 2. The first-order valence-electron chi connectivity index (χ1n) is 8.59. The summed E-state index contributed by atoms with van der Waals surface area (Å²) in [6, 6.07) is 7.28. The molecule has 6 nitrogen and oxygen atoms in total. The van der Waals surface area contributed by atoms with E-state index in [1.165, 1.54) is 6.92 Å². The van der Waals surface area contributed by atoms with E-state index in [1.54, 1.807) is 0 Å². The highest BCUT2D eigenvalue weighted by Crippen LogP contribution is 2.31. The summed E-state index contributed by atoms with van der Waals surface area (Å²) in [5, 5.41) is 5.04. The number of amides is 4. The minimum atomic E-state index is -1.80. The maximum absolute atomic E-state index is 14.2. The molecule has 0 radical (unpaired) electrons. The first kappa shape index (κ1) is 19.5. The van der Waals surface area contributed by atoms with Crippen LogP contribution in [0.15, 0.2) is 36.4 Å². The van der Waals surface area contributed by atoms with Gasteiger partial charge in [-0.25, -0.2) is 13.6 Å². The summed E-state index contributed by atoms with van der Waals surface area (Å²) < 4.78 is 27.7. The molecule has 146 valence electrons. The standard InChI is InChI=1S/C20H19F2N3O3/c1-11-5-4-6-12(2)17(11)23-16(26)10-25-18(27)20(3,24-19(25)28)14-9-13(21)7-8-15(14)22/h4-9H,10H2,1-3H3,(H,23,26)(H,24,28). The minimum absolute atomic E-state index is 0.302. The highest BCUT2D eigenvalue weighted by Gasteiger charge is 2.50. The van der Waals surface area contributed by atoms with Gasteiger partial charge in [-0.15, -0.1) is 0 Å². The second-order valence-corrected chi connectivity index (χ2v) is 6.89. The van der Waals surface area contributed by atoms with Gasteiger partial charge in [-0.05, 0) is 50.1 Å². The van der Waals surface area contributed by atoms with Gasteiger partial charge in [-0.1, -0.05) is 18.2 Å². The summed E-state index contributed by atoms with van der Waals surface area (Å²) in [5.41, 5.74) is 0.152. The van der Waals surface area contributed by atoms with Crippen molar-refractivity contribution in [1.29, 1.82) is 0 Å². The Bertz CT molecular complexity index is 972. The largest absolute Gasteiger partial charge is 0.325 e. The molecule has 1 atom stereocenters. The lowest BCUT2D eigenvalue weighted by atomic mass is 9.91. The van der Waals surface area contributed by atoms with Crippen LogP contribution in [0.4, 0.5) is 19.3 Å². The molecule has 0 spiro atoms. The van der Waals surface area contributed by atoms with Crippen LogP contribution in [0.25, 0.3) is 0 Å². The van der Waals surface area contributed by atoms with E-state index < -0.39 is 41.6 Å². The van der Waals surface area contributed by atoms with Crippen molar-refractivity contribution in [1.82, 2.24) is 10.2 Å². The van der Waals surface area contributed by atoms with Crippen LogP contribution in [0, 0.1) is 25.5 Å². The van der Waals surface area contributed by atoms with Crippen molar-refractivity contribution in [2.24, 2.45) is 0 Å². The Morgan fingerprint density at radius 2 is 1.79 bits per heavy atom. The molecule has 0 saturated carbocycles. The molecule has 1 heterocycles. The van der Waals surface area contributed by atoms with Crippen molar-refractivity contribution in [3.05, 3.63) is 64.7 Å². The highest BCUT2D eigenvalue weighted by molar-refractivity contribution is 6.10. The van der Waals surface area contributed by atoms with Crippen molar-refractivity contribution < 1.29 is 23.2 Å². The Morgan fingerprint density at radius 1 is 1.14 bits per heavy atom. The first-order chi connectivity index (χ1) is 13.1. The molecule has 1 saturated heterocycles. The molecule has 1 aliphatic heterocycles. The van der Waals surface area contributed by atoms with Crippen LogP contribution in [0.2, 0.25) is 0 Å². The van der Waals surface area contributed by atoms with Gasteiger partial charge >= 0.3 is 6.03 Å². The Hall–Kier alpha value is -3.29. The Kier molecular flexibility index (Phi) is 4.89. The fourth-order valence-electron chi connectivity index (χ4n) is 3.24. The number of rotatable bonds is 4. The second-order valence-electron chi connectivity index (χ2n) is 6.89. The number of carbonyl (C=O) groups is 3. The van der Waals surface area contributed by atoms with Crippen molar-refractivity contribution in [3.8, 4) is 0 Å². The normalized spacial score (nSPS) is 19.0. The molecule has 0 aliphatic carbocycles. The third-order valence-corrected chi connectivity index (χ3v) is 4.79. The number of para-hydroxylation sites is 1. The van der Waals surface area contributed by atoms with E-state index in [0.29, 0.717) is 10.6 Å². The molecule has 2 aromatic carbocycles. The van der Waals surface area contributed by atoms with E-state index in [9.17, 15) is 23.2 Å². The zero-order chi connectivity index (χ0) is 20.6. The van der Waals surface area contributed by atoms with E-state index in [-0.39, 0.29) is 5.56 Å². The average Bonchev–Trinajstić information content (AvgIpc) is 2.84. The van der Waals surface area contributed by atoms with Gasteiger partial charge in [0.1, 0.15) is 23.7 Å². The number of aryl methyl sites for hydroxylation is 2. The Labute approximate surface area is 160 Å². The Morgan fingerprint density at radius 3 is 2.43 bits per heavy atom. The molecule has 1 unspecified atom stereocenters. The van der Waals surface area contributed by atoms with E-state index in [4.69, 9.17) is 0 Å². The summed E-state index contributed by atoms with van der Waals surface area (Å²) in [6.07, 6.45) is 0. The molecule has 2 N–H and O–H groups in total. The summed E-state index contributed by atoms with van der Waals surface area (Å²) in [7, 11) is 0. The molecule has 1 fully saturated rings. The minimum Gasteiger partial charge on any atom is -0.324 e. The molecule has 4 amide bonds. The molecule has 1 aliphatic rings. The van der Waals surface area contributed by atoms with Gasteiger partial charge < -0.3 is 10.6 Å². The monoisotopic (exact) mass is 387 g/mol. The van der Waals surface area contributed by atoms with Crippen LogP contribution in [-0.2, 0) is 15.1 Å². The van der Waals surface area contributed by atoms with Crippen molar-refractivity contribution in [3.63, 3.8) is 0 Å². The number of nitrogens with one attached hydrogen (secondary N) is 2. The van der Waals surface area contributed by atoms with Crippen molar-refractivity contribution in [2.45, 2.75) is 26.3 Å². The van der Waals surface area contributed by atoms with Crippen LogP contribution >= 0.6 is 0 Å². The smallest absolute Gasteiger partial charge is 0.324 e. The fourth-order valence-corrected chi connectivity index (χ4v) is 3.24. The second kappa shape index (κ2) is 7.03. The summed E-state index contributed by atoms with van der Waals surface area (Å²) in [4.78, 5) is 38.2. The number of imide groups is 1. The van der Waals surface area contributed by atoms with Crippen molar-refractivity contribution in [2.75, 3.05) is 11.9 Å². The van der Waals surface area contributed by atoms with Crippen LogP contribution in [0.5, 0.6) is 0 Å². The number of nitrogens with zero attached hydrogens (tertiary/aromatic N) is 1. The predicted molar refractivity (Wildman–Crippen MR) is 98.5 cm³/mol. The highest BCUT2D eigenvalue weighted by atomic mass is 19.1. The van der Waals surface area contributed by atoms with Gasteiger partial charge in [0.15, 0.2) is 0 Å². The van der Waals surface area contributed by atoms with Gasteiger partial charge in [0.2, 0.25) is 5.91 Å². The number of hydrogen-bond acceptors (Lipinski definition) is 3. The predicted octanol–water partition coefficient (Wildman–Crippen LogP) is 2.99. The van der Waals surface area contributed by atoms with Crippen LogP contribution in [0.3, 0.4) is 0 Å². The maximum Gasteiger partial charge on any atom is 0.325 e. The molecule has 0 bridgehead atoms. The summed E-state index contributed by atoms with van der Waals surface area (Å²) in [5.74, 6) is -2.99. The quantitative estimate of drug-likeness (QED) is 0.792. The number of halogens is 2. The van der Waals surface area contributed by atoms with E-state index in [1.807, 2.05) is 32.0 Å². The van der Waals surface area contributed by atoms with Gasteiger partial charge in [-0.2, -0.15) is 0 Å². The van der Waals surface area contributed by atoms with E-state index in [0.717, 1.165) is 29.3 Å². The average molecular weight is 387 g/mol. The van der Waals surface area contributed by atoms with Gasteiger partial charge in [0.05, 0.1) is 0 Å². The third kappa shape index (κ3) is 3.33. The number of benzene rings is 2. The summed E-state index contributed by atoms with van der Waals surface area (Å²) >= 11 is 0. The van der Waals surface area contributed by atoms with Crippen LogP contribution < -0.4 is 10.6 Å². The Balaban J connectivity index is 1.82. The van der Waals surface area contributed by atoms with Crippen molar-refractivity contribution >= 4 is 23.5 Å². The molecule has 2 aromatic rings. The lowest BCUT2D eigenvalue weighted by Gasteiger charge is -2.22. The van der Waals surface area contributed by atoms with Gasteiger partial charge in [0, 0.05) is 11.3 Å². The van der Waals surface area contributed by atoms with E-state index >= 15 is 0 Å². The molecule has 8 heteroatoms. The molecule has 3 rings (SSSR count). The molecular weight excluding hydrogens is 368 g/mol. The number of anilines is 1. The molecule has 0 aromatic heterocycles. The fraction of sp³-hybridized carbons (Fsp3) is 0.250. The van der Waals surface area contributed by atoms with Crippen LogP contribution in [0.1, 0.15) is 23.6 Å². The first-order valence-corrected chi connectivity index (χ1v) is 8.59. The summed E-state index contributed by atoms with van der Waals surface area (Å²) in [6.45, 7) is 4.36. The maximum atomic E-state index is 14.2. The van der Waals surface area contributed by atoms with Crippen LogP contribution in [-0.4, -0.2) is 29.3 Å². The van der Waals surface area contributed by atoms with Gasteiger partial charge in [0.25, 0.3) is 5.91 Å². The topological polar surface area (TPSA) is 78.5 Å². The zero-order valence-electron chi connectivity index (χ0n) is 15.6.